The monoisotopic (exact) mass is 164 g/mol. The van der Waals surface area contributed by atoms with Crippen LogP contribution in [0.15, 0.2) is 0 Å². The summed E-state index contributed by atoms with van der Waals surface area (Å²) in [5, 5.41) is 35.7. The van der Waals surface area contributed by atoms with Crippen molar-refractivity contribution in [3.8, 4) is 0 Å². The molecule has 0 amide bonds. The molecule has 1 fully saturated rings. The molecular weight excluding hydrogens is 152 g/mol. The van der Waals surface area contributed by atoms with Crippen molar-refractivity contribution in [2.75, 3.05) is 13.2 Å². The van der Waals surface area contributed by atoms with Crippen LogP contribution in [-0.2, 0) is 4.74 Å². The van der Waals surface area contributed by atoms with E-state index in [1.807, 2.05) is 0 Å². The third-order valence-electron chi connectivity index (χ3n) is 1.79. The van der Waals surface area contributed by atoms with E-state index in [1.165, 1.54) is 0 Å². The predicted octanol–water partition coefficient (Wildman–Crippen LogP) is -2.54. The van der Waals surface area contributed by atoms with Gasteiger partial charge < -0.3 is 25.2 Å². The second-order valence-electron chi connectivity index (χ2n) is 2.60. The fourth-order valence-electron chi connectivity index (χ4n) is 1.03. The van der Waals surface area contributed by atoms with Crippen LogP contribution in [0.5, 0.6) is 0 Å². The van der Waals surface area contributed by atoms with Crippen LogP contribution in [0.3, 0.4) is 0 Å². The molecule has 0 saturated carbocycles. The zero-order chi connectivity index (χ0) is 8.43. The van der Waals surface area contributed by atoms with Crippen LogP contribution in [-0.4, -0.2) is 58.1 Å². The van der Waals surface area contributed by atoms with Crippen molar-refractivity contribution in [3.05, 3.63) is 0 Å². The highest BCUT2D eigenvalue weighted by Gasteiger charge is 2.36. The molecule has 0 aromatic carbocycles. The summed E-state index contributed by atoms with van der Waals surface area (Å²) in [5.41, 5.74) is 0. The lowest BCUT2D eigenvalue weighted by Crippen LogP contribution is -2.53. The maximum atomic E-state index is 9.11. The van der Waals surface area contributed by atoms with Crippen molar-refractivity contribution in [2.24, 2.45) is 0 Å². The van der Waals surface area contributed by atoms with Crippen LogP contribution in [0, 0.1) is 0 Å². The second-order valence-corrected chi connectivity index (χ2v) is 2.60. The van der Waals surface area contributed by atoms with Crippen molar-refractivity contribution in [1.82, 2.24) is 0 Å². The first-order valence-corrected chi connectivity index (χ1v) is 3.43. The topological polar surface area (TPSA) is 90.2 Å². The number of rotatable bonds is 1. The molecule has 1 aliphatic rings. The fraction of sp³-hybridized carbons (Fsp3) is 1.00. The summed E-state index contributed by atoms with van der Waals surface area (Å²) in [4.78, 5) is 0. The van der Waals surface area contributed by atoms with Gasteiger partial charge in [0.2, 0.25) is 0 Å². The highest BCUT2D eigenvalue weighted by molar-refractivity contribution is 4.85. The normalized spacial score (nSPS) is 45.8. The molecule has 2 unspecified atom stereocenters. The van der Waals surface area contributed by atoms with Gasteiger partial charge in [-0.3, -0.25) is 0 Å². The zero-order valence-corrected chi connectivity index (χ0v) is 5.92. The lowest BCUT2D eigenvalue weighted by atomic mass is 10.0. The van der Waals surface area contributed by atoms with Gasteiger partial charge in [0.15, 0.2) is 0 Å². The van der Waals surface area contributed by atoms with Crippen molar-refractivity contribution in [3.63, 3.8) is 0 Å². The number of aliphatic hydroxyl groups excluding tert-OH is 4. The lowest BCUT2D eigenvalue weighted by molar-refractivity contribution is -0.195. The Morgan fingerprint density at radius 2 is 1.82 bits per heavy atom. The second kappa shape index (κ2) is 3.46. The summed E-state index contributed by atoms with van der Waals surface area (Å²) in [5.74, 6) is 0. The van der Waals surface area contributed by atoms with Crippen LogP contribution >= 0.6 is 0 Å². The standard InChI is InChI=1S/C6H12O5/c7-1-4-6(10)5(9)3(8)2-11-4/h3-10H,1-2H2/t3-,4?,5?,6-/m0/s1. The summed E-state index contributed by atoms with van der Waals surface area (Å²) >= 11 is 0. The maximum absolute atomic E-state index is 9.11. The van der Waals surface area contributed by atoms with Gasteiger partial charge in [0.1, 0.15) is 24.4 Å². The van der Waals surface area contributed by atoms with Crippen LogP contribution < -0.4 is 0 Å². The van der Waals surface area contributed by atoms with Crippen LogP contribution in [0.25, 0.3) is 0 Å². The molecule has 4 N–H and O–H groups in total. The summed E-state index contributed by atoms with van der Waals surface area (Å²) in [6, 6.07) is 0. The minimum absolute atomic E-state index is 0.0521. The minimum atomic E-state index is -1.22. The third kappa shape index (κ3) is 1.69. The van der Waals surface area contributed by atoms with Gasteiger partial charge in [-0.2, -0.15) is 0 Å². The minimum Gasteiger partial charge on any atom is -0.394 e. The Labute approximate surface area is 63.8 Å². The Morgan fingerprint density at radius 1 is 1.18 bits per heavy atom. The van der Waals surface area contributed by atoms with Crippen molar-refractivity contribution in [2.45, 2.75) is 24.4 Å². The van der Waals surface area contributed by atoms with E-state index in [0.29, 0.717) is 0 Å². The largest absolute Gasteiger partial charge is 0.394 e. The van der Waals surface area contributed by atoms with Gasteiger partial charge in [-0.1, -0.05) is 0 Å². The smallest absolute Gasteiger partial charge is 0.111 e. The Morgan fingerprint density at radius 3 is 2.36 bits per heavy atom. The molecule has 1 rings (SSSR count). The first-order chi connectivity index (χ1) is 5.16. The Balaban J connectivity index is 2.52. The average molecular weight is 164 g/mol. The molecule has 1 aliphatic heterocycles. The fourth-order valence-corrected chi connectivity index (χ4v) is 1.03. The summed E-state index contributed by atoms with van der Waals surface area (Å²) in [6.07, 6.45) is -4.27. The zero-order valence-electron chi connectivity index (χ0n) is 5.92. The molecule has 1 heterocycles. The van der Waals surface area contributed by atoms with E-state index in [-0.39, 0.29) is 13.2 Å². The number of ether oxygens (including phenoxy) is 1. The van der Waals surface area contributed by atoms with Crippen molar-refractivity contribution >= 4 is 0 Å². The molecule has 0 bridgehead atoms. The van der Waals surface area contributed by atoms with E-state index in [1.54, 1.807) is 0 Å². The molecule has 5 heteroatoms. The highest BCUT2D eigenvalue weighted by Crippen LogP contribution is 2.14. The molecule has 0 radical (unpaired) electrons. The molecule has 66 valence electrons. The molecule has 1 saturated heterocycles. The molecular formula is C6H12O5. The summed E-state index contributed by atoms with van der Waals surface area (Å²) < 4.78 is 4.81. The van der Waals surface area contributed by atoms with E-state index < -0.39 is 24.4 Å². The van der Waals surface area contributed by atoms with E-state index in [4.69, 9.17) is 25.2 Å². The summed E-state index contributed by atoms with van der Waals surface area (Å²) in [7, 11) is 0. The van der Waals surface area contributed by atoms with E-state index in [0.717, 1.165) is 0 Å². The molecule has 0 aliphatic carbocycles. The molecule has 11 heavy (non-hydrogen) atoms. The quantitative estimate of drug-likeness (QED) is 0.343. The number of aliphatic hydroxyl groups is 4. The van der Waals surface area contributed by atoms with Crippen LogP contribution in [0.1, 0.15) is 0 Å². The molecule has 0 aromatic heterocycles. The molecule has 0 aromatic rings. The predicted molar refractivity (Wildman–Crippen MR) is 34.8 cm³/mol. The Kier molecular flexibility index (Phi) is 2.80. The molecule has 4 atom stereocenters. The third-order valence-corrected chi connectivity index (χ3v) is 1.79. The van der Waals surface area contributed by atoms with Gasteiger partial charge in [-0.25, -0.2) is 0 Å². The number of hydrogen-bond donors (Lipinski definition) is 4. The SMILES string of the molecule is OCC1OC[C@H](O)C(O)[C@H]1O. The van der Waals surface area contributed by atoms with Crippen molar-refractivity contribution in [1.29, 1.82) is 0 Å². The van der Waals surface area contributed by atoms with E-state index in [2.05, 4.69) is 0 Å². The van der Waals surface area contributed by atoms with Gasteiger partial charge in [0.25, 0.3) is 0 Å². The van der Waals surface area contributed by atoms with Crippen LogP contribution in [0.2, 0.25) is 0 Å². The van der Waals surface area contributed by atoms with Gasteiger partial charge in [0, 0.05) is 0 Å². The molecule has 0 spiro atoms. The van der Waals surface area contributed by atoms with E-state index in [9.17, 15) is 0 Å². The van der Waals surface area contributed by atoms with Gasteiger partial charge >= 0.3 is 0 Å². The first-order valence-electron chi connectivity index (χ1n) is 3.43. The maximum Gasteiger partial charge on any atom is 0.111 e. The summed E-state index contributed by atoms with van der Waals surface area (Å²) in [6.45, 7) is -0.408. The van der Waals surface area contributed by atoms with Gasteiger partial charge in [-0.05, 0) is 0 Å². The number of hydrogen-bond acceptors (Lipinski definition) is 5. The van der Waals surface area contributed by atoms with Crippen LogP contribution in [0.4, 0.5) is 0 Å². The highest BCUT2D eigenvalue weighted by atomic mass is 16.5. The van der Waals surface area contributed by atoms with Gasteiger partial charge in [-0.15, -0.1) is 0 Å². The lowest BCUT2D eigenvalue weighted by Gasteiger charge is -2.34. The Bertz CT molecular complexity index is 126. The first kappa shape index (κ1) is 8.89. The molecule has 5 nitrogen and oxygen atoms in total. The Hall–Kier alpha value is -0.200. The van der Waals surface area contributed by atoms with Crippen molar-refractivity contribution < 1.29 is 25.2 Å². The van der Waals surface area contributed by atoms with Gasteiger partial charge in [0.05, 0.1) is 13.2 Å². The average Bonchev–Trinajstić information content (AvgIpc) is 2.01. The van der Waals surface area contributed by atoms with E-state index >= 15 is 0 Å².